The molecule has 0 aliphatic rings. The molecule has 0 saturated carbocycles. The lowest BCUT2D eigenvalue weighted by Gasteiger charge is -2.11. The Morgan fingerprint density at radius 2 is 1.50 bits per heavy atom. The number of phenolic OH excluding ortho intramolecular Hbond substituents is 2. The van der Waals surface area contributed by atoms with E-state index in [1.807, 2.05) is 32.0 Å². The first-order valence-electron chi connectivity index (χ1n) is 5.18. The van der Waals surface area contributed by atoms with E-state index < -0.39 is 0 Å². The van der Waals surface area contributed by atoms with E-state index >= 15 is 0 Å². The number of benzene rings is 2. The third-order valence-corrected chi connectivity index (χ3v) is 2.73. The normalized spacial score (nSPS) is 10.4. The molecule has 0 unspecified atom stereocenters. The Labute approximate surface area is 94.8 Å². The fourth-order valence-electron chi connectivity index (χ4n) is 1.96. The summed E-state index contributed by atoms with van der Waals surface area (Å²) in [7, 11) is 0. The van der Waals surface area contributed by atoms with Crippen LogP contribution in [-0.2, 0) is 0 Å². The quantitative estimate of drug-likeness (QED) is 0.714. The maximum absolute atomic E-state index is 9.83. The highest BCUT2D eigenvalue weighted by molar-refractivity contribution is 5.76. The van der Waals surface area contributed by atoms with Crippen molar-refractivity contribution in [2.24, 2.45) is 0 Å². The minimum Gasteiger partial charge on any atom is -0.508 e. The molecule has 0 amide bonds. The number of aromatic hydroxyl groups is 2. The molecule has 0 radical (unpaired) electrons. The van der Waals surface area contributed by atoms with E-state index in [1.165, 1.54) is 12.1 Å². The minimum atomic E-state index is 0.162. The van der Waals surface area contributed by atoms with Gasteiger partial charge in [0.05, 0.1) is 0 Å². The Balaban J connectivity index is 2.72. The molecule has 0 aliphatic heterocycles. The molecule has 0 saturated heterocycles. The van der Waals surface area contributed by atoms with Crippen molar-refractivity contribution in [2.45, 2.75) is 13.8 Å². The molecule has 82 valence electrons. The van der Waals surface area contributed by atoms with Crippen molar-refractivity contribution in [1.82, 2.24) is 0 Å². The molecule has 2 N–H and O–H groups in total. The molecule has 2 nitrogen and oxygen atoms in total. The van der Waals surface area contributed by atoms with Crippen LogP contribution in [0.5, 0.6) is 11.5 Å². The van der Waals surface area contributed by atoms with E-state index in [2.05, 4.69) is 0 Å². The van der Waals surface area contributed by atoms with Gasteiger partial charge in [-0.25, -0.2) is 0 Å². The second kappa shape index (κ2) is 3.89. The van der Waals surface area contributed by atoms with Gasteiger partial charge in [0.15, 0.2) is 0 Å². The van der Waals surface area contributed by atoms with Gasteiger partial charge in [-0.05, 0) is 48.7 Å². The van der Waals surface area contributed by atoms with Gasteiger partial charge in [0, 0.05) is 5.56 Å². The van der Waals surface area contributed by atoms with Gasteiger partial charge in [-0.15, -0.1) is 0 Å². The molecule has 0 spiro atoms. The zero-order valence-electron chi connectivity index (χ0n) is 9.36. The molecule has 2 aromatic carbocycles. The first-order valence-corrected chi connectivity index (χ1v) is 5.18. The second-order valence-corrected chi connectivity index (χ2v) is 3.97. The molecule has 0 atom stereocenters. The van der Waals surface area contributed by atoms with Crippen molar-refractivity contribution in [3.8, 4) is 22.6 Å². The third-order valence-electron chi connectivity index (χ3n) is 2.73. The first-order chi connectivity index (χ1) is 7.59. The van der Waals surface area contributed by atoms with Crippen LogP contribution >= 0.6 is 0 Å². The fourth-order valence-corrected chi connectivity index (χ4v) is 1.96. The number of phenols is 2. The molecule has 0 aromatic heterocycles. The molecule has 0 heterocycles. The smallest absolute Gasteiger partial charge is 0.123 e. The average molecular weight is 214 g/mol. The Bertz CT molecular complexity index is 510. The summed E-state index contributed by atoms with van der Waals surface area (Å²) in [5.74, 6) is 0.352. The predicted octanol–water partition coefficient (Wildman–Crippen LogP) is 3.38. The fraction of sp³-hybridized carbons (Fsp3) is 0.143. The standard InChI is InChI=1S/C14H14O2/c1-9-4-3-5-10(2)14(9)12-8-11(15)6-7-13(12)16/h3-8,15-16H,1-2H3. The molecule has 16 heavy (non-hydrogen) atoms. The number of hydrogen-bond donors (Lipinski definition) is 2. The zero-order chi connectivity index (χ0) is 11.7. The van der Waals surface area contributed by atoms with Crippen LogP contribution in [0.2, 0.25) is 0 Å². The van der Waals surface area contributed by atoms with Crippen LogP contribution in [0.4, 0.5) is 0 Å². The van der Waals surface area contributed by atoms with Gasteiger partial charge in [-0.1, -0.05) is 18.2 Å². The van der Waals surface area contributed by atoms with E-state index in [1.54, 1.807) is 6.07 Å². The van der Waals surface area contributed by atoms with E-state index in [-0.39, 0.29) is 11.5 Å². The van der Waals surface area contributed by atoms with Crippen LogP contribution in [0.1, 0.15) is 11.1 Å². The summed E-state index contributed by atoms with van der Waals surface area (Å²) in [6.45, 7) is 3.98. The van der Waals surface area contributed by atoms with Crippen molar-refractivity contribution in [3.05, 3.63) is 47.5 Å². The Kier molecular flexibility index (Phi) is 2.57. The third kappa shape index (κ3) is 1.74. The summed E-state index contributed by atoms with van der Waals surface area (Å²) in [6, 6.07) is 10.5. The van der Waals surface area contributed by atoms with E-state index in [4.69, 9.17) is 0 Å². The topological polar surface area (TPSA) is 40.5 Å². The van der Waals surface area contributed by atoms with Gasteiger partial charge in [0.25, 0.3) is 0 Å². The van der Waals surface area contributed by atoms with Crippen LogP contribution in [0.15, 0.2) is 36.4 Å². The Morgan fingerprint density at radius 1 is 0.875 bits per heavy atom. The van der Waals surface area contributed by atoms with Gasteiger partial charge in [0.2, 0.25) is 0 Å². The zero-order valence-corrected chi connectivity index (χ0v) is 9.36. The molecule has 0 fully saturated rings. The van der Waals surface area contributed by atoms with Gasteiger partial charge < -0.3 is 10.2 Å². The maximum Gasteiger partial charge on any atom is 0.123 e. The van der Waals surface area contributed by atoms with Crippen molar-refractivity contribution < 1.29 is 10.2 Å². The van der Waals surface area contributed by atoms with E-state index in [0.717, 1.165) is 16.7 Å². The number of hydrogen-bond acceptors (Lipinski definition) is 2. The molecule has 0 aliphatic carbocycles. The second-order valence-electron chi connectivity index (χ2n) is 3.97. The van der Waals surface area contributed by atoms with E-state index in [9.17, 15) is 10.2 Å². The lowest BCUT2D eigenvalue weighted by molar-refractivity contribution is 0.462. The first kappa shape index (κ1) is 10.6. The molecule has 2 heteroatoms. The van der Waals surface area contributed by atoms with Crippen LogP contribution in [0.25, 0.3) is 11.1 Å². The predicted molar refractivity (Wildman–Crippen MR) is 64.7 cm³/mol. The van der Waals surface area contributed by atoms with Crippen molar-refractivity contribution in [3.63, 3.8) is 0 Å². The maximum atomic E-state index is 9.83. The van der Waals surface area contributed by atoms with Crippen LogP contribution < -0.4 is 0 Å². The van der Waals surface area contributed by atoms with Crippen molar-refractivity contribution in [2.75, 3.05) is 0 Å². The van der Waals surface area contributed by atoms with Crippen molar-refractivity contribution >= 4 is 0 Å². The summed E-state index contributed by atoms with van der Waals surface area (Å²) < 4.78 is 0. The summed E-state index contributed by atoms with van der Waals surface area (Å²) in [6.07, 6.45) is 0. The lowest BCUT2D eigenvalue weighted by Crippen LogP contribution is -1.88. The van der Waals surface area contributed by atoms with Crippen LogP contribution in [0, 0.1) is 13.8 Å². The van der Waals surface area contributed by atoms with Crippen LogP contribution in [0.3, 0.4) is 0 Å². The van der Waals surface area contributed by atoms with Crippen molar-refractivity contribution in [1.29, 1.82) is 0 Å². The summed E-state index contributed by atoms with van der Waals surface area (Å²) in [5, 5.41) is 19.3. The van der Waals surface area contributed by atoms with Gasteiger partial charge in [-0.3, -0.25) is 0 Å². The van der Waals surface area contributed by atoms with Gasteiger partial charge in [0.1, 0.15) is 11.5 Å². The van der Waals surface area contributed by atoms with Gasteiger partial charge in [-0.2, -0.15) is 0 Å². The monoisotopic (exact) mass is 214 g/mol. The molecular formula is C14H14O2. The SMILES string of the molecule is Cc1cccc(C)c1-c1cc(O)ccc1O. The Morgan fingerprint density at radius 3 is 2.12 bits per heavy atom. The highest BCUT2D eigenvalue weighted by atomic mass is 16.3. The lowest BCUT2D eigenvalue weighted by atomic mass is 9.95. The van der Waals surface area contributed by atoms with E-state index in [0.29, 0.717) is 5.56 Å². The highest BCUT2D eigenvalue weighted by Crippen LogP contribution is 2.35. The van der Waals surface area contributed by atoms with Crippen LogP contribution in [-0.4, -0.2) is 10.2 Å². The number of rotatable bonds is 1. The van der Waals surface area contributed by atoms with Gasteiger partial charge >= 0.3 is 0 Å². The summed E-state index contributed by atoms with van der Waals surface area (Å²) >= 11 is 0. The summed E-state index contributed by atoms with van der Waals surface area (Å²) in [5.41, 5.74) is 3.83. The summed E-state index contributed by atoms with van der Waals surface area (Å²) in [4.78, 5) is 0. The highest BCUT2D eigenvalue weighted by Gasteiger charge is 2.10. The molecule has 0 bridgehead atoms. The molecular weight excluding hydrogens is 200 g/mol. The average Bonchev–Trinajstić information content (AvgIpc) is 2.23. The number of aryl methyl sites for hydroxylation is 2. The minimum absolute atomic E-state index is 0.162. The molecule has 2 aromatic rings. The molecule has 2 rings (SSSR count). The Hall–Kier alpha value is -1.96. The largest absolute Gasteiger partial charge is 0.508 e.